The zero-order valence-corrected chi connectivity index (χ0v) is 24.2. The van der Waals surface area contributed by atoms with Crippen LogP contribution in [0.3, 0.4) is 0 Å². The van der Waals surface area contributed by atoms with E-state index in [9.17, 15) is 4.57 Å². The fourth-order valence-electron chi connectivity index (χ4n) is 4.52. The lowest BCUT2D eigenvalue weighted by atomic mass is 10.1. The molecule has 0 aliphatic heterocycles. The molecular weight excluding hydrogens is 451 g/mol. The molecule has 0 saturated carbocycles. The molecule has 1 aromatic rings. The second-order valence-corrected chi connectivity index (χ2v) is 12.3. The van der Waals surface area contributed by atoms with Crippen molar-refractivity contribution in [3.63, 3.8) is 0 Å². The van der Waals surface area contributed by atoms with E-state index in [1.165, 1.54) is 103 Å². The summed E-state index contributed by atoms with van der Waals surface area (Å²) >= 11 is 0. The molecule has 0 unspecified atom stereocenters. The van der Waals surface area contributed by atoms with Crippen LogP contribution in [0.4, 0.5) is 0 Å². The molecule has 204 valence electrons. The fourth-order valence-corrected chi connectivity index (χ4v) is 6.25. The molecule has 0 atom stereocenters. The summed E-state index contributed by atoms with van der Waals surface area (Å²) < 4.78 is 25.3. The predicted molar refractivity (Wildman–Crippen MR) is 153 cm³/mol. The second kappa shape index (κ2) is 23.7. The van der Waals surface area contributed by atoms with Gasteiger partial charge in [-0.1, -0.05) is 160 Å². The van der Waals surface area contributed by atoms with Crippen molar-refractivity contribution < 1.29 is 13.6 Å². The molecule has 0 bridgehead atoms. The summed E-state index contributed by atoms with van der Waals surface area (Å²) in [5.41, 5.74) is 1.03. The van der Waals surface area contributed by atoms with E-state index in [1.54, 1.807) is 0 Å². The molecule has 0 saturated heterocycles. The Morgan fingerprint density at radius 2 is 0.857 bits per heavy atom. The topological polar surface area (TPSA) is 35.5 Å². The molecule has 35 heavy (non-hydrogen) atoms. The average Bonchev–Trinajstić information content (AvgIpc) is 2.86. The van der Waals surface area contributed by atoms with Crippen LogP contribution in [-0.2, 0) is 19.8 Å². The first-order chi connectivity index (χ1) is 17.2. The molecule has 1 aromatic carbocycles. The van der Waals surface area contributed by atoms with Gasteiger partial charge in [0.25, 0.3) is 0 Å². The minimum Gasteiger partial charge on any atom is -0.308 e. The van der Waals surface area contributed by atoms with Crippen molar-refractivity contribution >= 4 is 7.60 Å². The van der Waals surface area contributed by atoms with Gasteiger partial charge in [0, 0.05) is 0 Å². The lowest BCUT2D eigenvalue weighted by Crippen LogP contribution is -2.02. The highest BCUT2D eigenvalue weighted by Gasteiger charge is 2.25. The van der Waals surface area contributed by atoms with Crippen molar-refractivity contribution in [1.29, 1.82) is 0 Å². The minimum absolute atomic E-state index is 0.378. The fraction of sp³-hybridized carbons (Fsp3) is 0.806. The van der Waals surface area contributed by atoms with Crippen molar-refractivity contribution in [2.24, 2.45) is 0 Å². The van der Waals surface area contributed by atoms with Crippen LogP contribution in [0.2, 0.25) is 0 Å². The smallest absolute Gasteiger partial charge is 0.308 e. The maximum absolute atomic E-state index is 13.5. The number of unbranched alkanes of at least 4 members (excludes halogenated alkanes) is 18. The summed E-state index contributed by atoms with van der Waals surface area (Å²) in [5, 5.41) is 0. The highest BCUT2D eigenvalue weighted by Crippen LogP contribution is 2.51. The van der Waals surface area contributed by atoms with Crippen molar-refractivity contribution in [2.45, 2.75) is 148 Å². The van der Waals surface area contributed by atoms with E-state index in [0.29, 0.717) is 19.4 Å². The summed E-state index contributed by atoms with van der Waals surface area (Å²) in [6, 6.07) is 10.00. The van der Waals surface area contributed by atoms with Crippen LogP contribution in [0, 0.1) is 0 Å². The highest BCUT2D eigenvalue weighted by molar-refractivity contribution is 7.53. The lowest BCUT2D eigenvalue weighted by Gasteiger charge is -2.19. The van der Waals surface area contributed by atoms with Gasteiger partial charge in [0.15, 0.2) is 0 Å². The number of rotatable bonds is 26. The third kappa shape index (κ3) is 20.1. The lowest BCUT2D eigenvalue weighted by molar-refractivity contribution is 0.196. The monoisotopic (exact) mass is 508 g/mol. The van der Waals surface area contributed by atoms with E-state index in [0.717, 1.165) is 31.2 Å². The van der Waals surface area contributed by atoms with Crippen LogP contribution in [0.15, 0.2) is 30.3 Å². The molecule has 0 fully saturated rings. The molecule has 0 amide bonds. The molecule has 3 nitrogen and oxygen atoms in total. The van der Waals surface area contributed by atoms with E-state index in [1.807, 2.05) is 30.3 Å². The molecule has 1 rings (SSSR count). The summed E-state index contributed by atoms with van der Waals surface area (Å²) in [4.78, 5) is 0. The Morgan fingerprint density at radius 3 is 1.23 bits per heavy atom. The van der Waals surface area contributed by atoms with Crippen molar-refractivity contribution in [1.82, 2.24) is 0 Å². The van der Waals surface area contributed by atoms with Gasteiger partial charge in [0.2, 0.25) is 0 Å². The molecule has 0 N–H and O–H groups in total. The van der Waals surface area contributed by atoms with E-state index in [-0.39, 0.29) is 0 Å². The van der Waals surface area contributed by atoms with Gasteiger partial charge in [-0.25, -0.2) is 0 Å². The molecule has 0 aliphatic carbocycles. The molecule has 0 aliphatic rings. The SMILES string of the molecule is CCCCCCCCCCCCOP(=O)(Cc1ccccc1)OCCCCCCCCCCCC. The zero-order chi connectivity index (χ0) is 25.3. The predicted octanol–water partition coefficient (Wildman–Crippen LogP) is 11.3. The largest absolute Gasteiger partial charge is 0.335 e. The van der Waals surface area contributed by atoms with Gasteiger partial charge in [0.1, 0.15) is 0 Å². The second-order valence-electron chi connectivity index (χ2n) is 10.3. The first kappa shape index (κ1) is 32.4. The molecule has 0 spiro atoms. The Labute approximate surface area is 218 Å². The van der Waals surface area contributed by atoms with Crippen LogP contribution in [-0.4, -0.2) is 13.2 Å². The maximum Gasteiger partial charge on any atom is 0.335 e. The van der Waals surface area contributed by atoms with Gasteiger partial charge in [-0.2, -0.15) is 0 Å². The van der Waals surface area contributed by atoms with Crippen molar-refractivity contribution in [2.75, 3.05) is 13.2 Å². The quantitative estimate of drug-likeness (QED) is 0.0922. The van der Waals surface area contributed by atoms with Gasteiger partial charge in [-0.05, 0) is 18.4 Å². The van der Waals surface area contributed by atoms with Crippen molar-refractivity contribution in [3.8, 4) is 0 Å². The van der Waals surface area contributed by atoms with E-state index in [4.69, 9.17) is 9.05 Å². The Kier molecular flexibility index (Phi) is 22.0. The van der Waals surface area contributed by atoms with E-state index >= 15 is 0 Å². The van der Waals surface area contributed by atoms with Crippen LogP contribution in [0.1, 0.15) is 148 Å². The van der Waals surface area contributed by atoms with Crippen LogP contribution in [0.5, 0.6) is 0 Å². The summed E-state index contributed by atoms with van der Waals surface area (Å²) in [6.45, 7) is 5.62. The molecule has 4 heteroatoms. The number of hydrogen-bond acceptors (Lipinski definition) is 3. The van der Waals surface area contributed by atoms with Crippen LogP contribution >= 0.6 is 7.60 Å². The Balaban J connectivity index is 2.19. The van der Waals surface area contributed by atoms with E-state index < -0.39 is 7.60 Å². The Morgan fingerprint density at radius 1 is 0.514 bits per heavy atom. The maximum atomic E-state index is 13.5. The third-order valence-electron chi connectivity index (χ3n) is 6.79. The summed E-state index contributed by atoms with van der Waals surface area (Å²) in [6.07, 6.45) is 26.1. The third-order valence-corrected chi connectivity index (χ3v) is 8.70. The first-order valence-corrected chi connectivity index (χ1v) is 16.8. The average molecular weight is 509 g/mol. The van der Waals surface area contributed by atoms with Gasteiger partial charge < -0.3 is 9.05 Å². The molecule has 0 radical (unpaired) electrons. The molecule has 0 aromatic heterocycles. The highest BCUT2D eigenvalue weighted by atomic mass is 31.2. The van der Waals surface area contributed by atoms with Gasteiger partial charge >= 0.3 is 7.60 Å². The first-order valence-electron chi connectivity index (χ1n) is 15.1. The summed E-state index contributed by atoms with van der Waals surface area (Å²) in [7, 11) is -3.10. The van der Waals surface area contributed by atoms with Crippen LogP contribution < -0.4 is 0 Å². The minimum atomic E-state index is -3.10. The summed E-state index contributed by atoms with van der Waals surface area (Å²) in [5.74, 6) is 0. The standard InChI is InChI=1S/C31H57O3P/c1-3-5-7-9-11-13-15-17-19-24-28-33-35(32,30-31-26-22-21-23-27-31)34-29-25-20-18-16-14-12-10-8-6-4-2/h21-23,26-27H,3-20,24-25,28-30H2,1-2H3. The van der Waals surface area contributed by atoms with E-state index in [2.05, 4.69) is 13.8 Å². The van der Waals surface area contributed by atoms with Gasteiger partial charge in [0.05, 0.1) is 19.4 Å². The van der Waals surface area contributed by atoms with Crippen molar-refractivity contribution in [3.05, 3.63) is 35.9 Å². The number of hydrogen-bond donors (Lipinski definition) is 0. The normalized spacial score (nSPS) is 11.8. The molecule has 0 heterocycles. The van der Waals surface area contributed by atoms with Gasteiger partial charge in [-0.15, -0.1) is 0 Å². The Hall–Kier alpha value is -0.630. The zero-order valence-electron chi connectivity index (χ0n) is 23.3. The van der Waals surface area contributed by atoms with Crippen LogP contribution in [0.25, 0.3) is 0 Å². The Bertz CT molecular complexity index is 575. The molecular formula is C31H57O3P. The van der Waals surface area contributed by atoms with Gasteiger partial charge in [-0.3, -0.25) is 4.57 Å². The number of benzene rings is 1.